The van der Waals surface area contributed by atoms with Gasteiger partial charge in [-0.1, -0.05) is 37.3 Å². The molecule has 0 bridgehead atoms. The number of primary sulfonamides is 1. The molecule has 4 rings (SSSR count). The zero-order chi connectivity index (χ0) is 23.8. The van der Waals surface area contributed by atoms with Gasteiger partial charge in [0, 0.05) is 24.7 Å². The molecule has 0 spiro atoms. The molecule has 0 fully saturated rings. The number of fused-ring (bicyclic) bond motifs is 1. The lowest BCUT2D eigenvalue weighted by Crippen LogP contribution is -2.30. The van der Waals surface area contributed by atoms with E-state index in [0.29, 0.717) is 53.8 Å². The molecule has 1 unspecified atom stereocenters. The third-order valence-corrected chi connectivity index (χ3v) is 6.51. The first-order valence-corrected chi connectivity index (χ1v) is 12.1. The molecule has 3 aromatic rings. The minimum Gasteiger partial charge on any atom is -0.423 e. The van der Waals surface area contributed by atoms with E-state index < -0.39 is 17.1 Å². The Morgan fingerprint density at radius 3 is 2.64 bits per heavy atom. The van der Waals surface area contributed by atoms with E-state index in [0.717, 1.165) is 5.56 Å². The number of nitrogens with one attached hydrogen (secondary N) is 1. The largest absolute Gasteiger partial charge is 0.488 e. The molecule has 1 atom stereocenters. The lowest BCUT2D eigenvalue weighted by Gasteiger charge is -2.23. The molecule has 0 saturated heterocycles. The Balaban J connectivity index is 1.67. The fraction of sp³-hybridized carbons (Fsp3) is 0.286. The highest BCUT2D eigenvalue weighted by atomic mass is 32.2. The maximum Gasteiger partial charge on any atom is 0.488 e. The van der Waals surface area contributed by atoms with Crippen molar-refractivity contribution in [2.24, 2.45) is 5.14 Å². The van der Waals surface area contributed by atoms with Crippen molar-refractivity contribution in [3.63, 3.8) is 0 Å². The van der Waals surface area contributed by atoms with E-state index in [4.69, 9.17) is 5.14 Å². The van der Waals surface area contributed by atoms with Gasteiger partial charge in [0.15, 0.2) is 0 Å². The molecule has 0 radical (unpaired) electrons. The molecule has 1 aromatic heterocycles. The van der Waals surface area contributed by atoms with Crippen LogP contribution in [0, 0.1) is 0 Å². The Labute approximate surface area is 192 Å². The van der Waals surface area contributed by atoms with Gasteiger partial charge in [-0.3, -0.25) is 0 Å². The first-order valence-electron chi connectivity index (χ1n) is 10.5. The Bertz CT molecular complexity index is 1290. The van der Waals surface area contributed by atoms with Crippen LogP contribution in [0.5, 0.6) is 0 Å². The number of nitrogens with zero attached hydrogens (tertiary/aromatic N) is 4. The molecule has 1 aliphatic heterocycles. The average Bonchev–Trinajstić information content (AvgIpc) is 3.12. The maximum atomic E-state index is 12.1. The van der Waals surface area contributed by atoms with Crippen molar-refractivity contribution in [2.75, 3.05) is 10.2 Å². The molecular formula is C21H25BN6O4S. The summed E-state index contributed by atoms with van der Waals surface area (Å²) in [4.78, 5) is 15.6. The first kappa shape index (κ1) is 23.1. The van der Waals surface area contributed by atoms with Gasteiger partial charge in [-0.2, -0.15) is 15.0 Å². The number of aryl methyl sites for hydroxylation is 1. The second-order valence-corrected chi connectivity index (χ2v) is 9.45. The summed E-state index contributed by atoms with van der Waals surface area (Å²) in [5.41, 5.74) is 2.59. The molecule has 1 aliphatic rings. The van der Waals surface area contributed by atoms with E-state index >= 15 is 0 Å². The van der Waals surface area contributed by atoms with Crippen molar-refractivity contribution >= 4 is 40.2 Å². The summed E-state index contributed by atoms with van der Waals surface area (Å²) in [5, 5.41) is 27.4. The van der Waals surface area contributed by atoms with Crippen LogP contribution in [0.1, 0.15) is 30.8 Å². The van der Waals surface area contributed by atoms with Crippen molar-refractivity contribution in [3.05, 3.63) is 59.4 Å². The van der Waals surface area contributed by atoms with Crippen molar-refractivity contribution in [2.45, 2.75) is 44.2 Å². The minimum absolute atomic E-state index is 0.0782. The van der Waals surface area contributed by atoms with Crippen molar-refractivity contribution < 1.29 is 18.5 Å². The van der Waals surface area contributed by atoms with Gasteiger partial charge in [0.1, 0.15) is 5.82 Å². The zero-order valence-corrected chi connectivity index (χ0v) is 19.1. The quantitative estimate of drug-likeness (QED) is 0.362. The van der Waals surface area contributed by atoms with Crippen LogP contribution in [-0.4, -0.2) is 46.6 Å². The van der Waals surface area contributed by atoms with Crippen molar-refractivity contribution in [3.8, 4) is 0 Å². The minimum atomic E-state index is -3.85. The van der Waals surface area contributed by atoms with Gasteiger partial charge in [-0.25, -0.2) is 13.6 Å². The van der Waals surface area contributed by atoms with E-state index in [1.165, 1.54) is 6.07 Å². The summed E-state index contributed by atoms with van der Waals surface area (Å²) >= 11 is 0. The number of benzene rings is 2. The number of hydrogen-bond donors (Lipinski definition) is 4. The molecule has 172 valence electrons. The Morgan fingerprint density at radius 2 is 1.94 bits per heavy atom. The fourth-order valence-corrected chi connectivity index (χ4v) is 4.78. The molecule has 5 N–H and O–H groups in total. The SMILES string of the molecule is CCc1nc(NCc2cccc(B(O)O)c2)nc(N2c3cccc(S(N)(=O)=O)c3CC2C)n1. The first-order chi connectivity index (χ1) is 15.7. The Hall–Kier alpha value is -3.06. The highest BCUT2D eigenvalue weighted by Crippen LogP contribution is 2.39. The third-order valence-electron chi connectivity index (χ3n) is 5.52. The lowest BCUT2D eigenvalue weighted by atomic mass is 9.80. The number of aromatic nitrogens is 3. The summed E-state index contributed by atoms with van der Waals surface area (Å²) < 4.78 is 24.1. The summed E-state index contributed by atoms with van der Waals surface area (Å²) in [5.74, 6) is 1.38. The number of sulfonamides is 1. The molecule has 0 saturated carbocycles. The normalized spacial score (nSPS) is 15.4. The lowest BCUT2D eigenvalue weighted by molar-refractivity contribution is 0.425. The van der Waals surface area contributed by atoms with Crippen LogP contribution in [-0.2, 0) is 29.4 Å². The molecule has 12 heteroatoms. The fourth-order valence-electron chi connectivity index (χ4n) is 3.98. The summed E-state index contributed by atoms with van der Waals surface area (Å²) in [6, 6.07) is 11.9. The molecule has 0 amide bonds. The van der Waals surface area contributed by atoms with Gasteiger partial charge in [0.2, 0.25) is 21.9 Å². The van der Waals surface area contributed by atoms with Crippen molar-refractivity contribution in [1.82, 2.24) is 15.0 Å². The van der Waals surface area contributed by atoms with Crippen LogP contribution < -0.4 is 20.8 Å². The van der Waals surface area contributed by atoms with Crippen LogP contribution >= 0.6 is 0 Å². The Morgan fingerprint density at radius 1 is 1.18 bits per heavy atom. The highest BCUT2D eigenvalue weighted by Gasteiger charge is 2.33. The predicted octanol–water partition coefficient (Wildman–Crippen LogP) is 0.456. The molecule has 0 aliphatic carbocycles. The van der Waals surface area contributed by atoms with Crippen LogP contribution in [0.15, 0.2) is 47.4 Å². The van der Waals surface area contributed by atoms with Crippen LogP contribution in [0.3, 0.4) is 0 Å². The maximum absolute atomic E-state index is 12.1. The van der Waals surface area contributed by atoms with Gasteiger partial charge < -0.3 is 20.3 Å². The van der Waals surface area contributed by atoms with Crippen LogP contribution in [0.4, 0.5) is 17.6 Å². The zero-order valence-electron chi connectivity index (χ0n) is 18.3. The van der Waals surface area contributed by atoms with Gasteiger partial charge in [0.25, 0.3) is 0 Å². The van der Waals surface area contributed by atoms with E-state index in [9.17, 15) is 18.5 Å². The standard InChI is InChI=1S/C21H25BN6O4S/c1-3-19-25-20(24-12-14-6-4-7-15(11-14)22(29)30)27-21(26-19)28-13(2)10-16-17(28)8-5-9-18(16)33(23,31)32/h4-9,11,13,29-30H,3,10,12H2,1-2H3,(H2,23,31,32)(H,24,25,26,27). The molecule has 33 heavy (non-hydrogen) atoms. The van der Waals surface area contributed by atoms with Crippen molar-refractivity contribution in [1.29, 1.82) is 0 Å². The number of hydrogen-bond acceptors (Lipinski definition) is 9. The molecular weight excluding hydrogens is 443 g/mol. The van der Waals surface area contributed by atoms with E-state index in [-0.39, 0.29) is 10.9 Å². The van der Waals surface area contributed by atoms with Crippen LogP contribution in [0.2, 0.25) is 0 Å². The topological polar surface area (TPSA) is 155 Å². The predicted molar refractivity (Wildman–Crippen MR) is 126 cm³/mol. The summed E-state index contributed by atoms with van der Waals surface area (Å²) in [7, 11) is -5.40. The molecule has 2 aromatic carbocycles. The summed E-state index contributed by atoms with van der Waals surface area (Å²) in [6.07, 6.45) is 1.08. The number of nitrogens with two attached hydrogens (primary N) is 1. The van der Waals surface area contributed by atoms with E-state index in [1.54, 1.807) is 24.3 Å². The molecule has 2 heterocycles. The van der Waals surface area contributed by atoms with Gasteiger partial charge in [0.05, 0.1) is 4.90 Å². The Kier molecular flexibility index (Phi) is 6.35. The molecule has 10 nitrogen and oxygen atoms in total. The highest BCUT2D eigenvalue weighted by molar-refractivity contribution is 7.89. The third kappa shape index (κ3) is 4.83. The summed E-state index contributed by atoms with van der Waals surface area (Å²) in [6.45, 7) is 4.28. The second-order valence-electron chi connectivity index (χ2n) is 7.92. The van der Waals surface area contributed by atoms with E-state index in [2.05, 4.69) is 20.3 Å². The average molecular weight is 468 g/mol. The van der Waals surface area contributed by atoms with Gasteiger partial charge in [-0.05, 0) is 42.1 Å². The number of anilines is 3. The smallest absolute Gasteiger partial charge is 0.423 e. The van der Waals surface area contributed by atoms with Crippen LogP contribution in [0.25, 0.3) is 0 Å². The van der Waals surface area contributed by atoms with Gasteiger partial charge in [-0.15, -0.1) is 0 Å². The van der Waals surface area contributed by atoms with E-state index in [1.807, 2.05) is 30.9 Å². The number of rotatable bonds is 7. The second kappa shape index (κ2) is 9.06. The van der Waals surface area contributed by atoms with Gasteiger partial charge >= 0.3 is 7.12 Å². The monoisotopic (exact) mass is 468 g/mol.